The monoisotopic (exact) mass is 335 g/mol. The van der Waals surface area contributed by atoms with Crippen molar-refractivity contribution in [3.8, 4) is 11.8 Å². The summed E-state index contributed by atoms with van der Waals surface area (Å²) in [5.41, 5.74) is 0.448. The maximum absolute atomic E-state index is 13.0. The first-order valence-corrected chi connectivity index (χ1v) is 8.33. The summed E-state index contributed by atoms with van der Waals surface area (Å²) >= 11 is 0. The van der Waals surface area contributed by atoms with E-state index in [1.807, 2.05) is 4.90 Å². The molecule has 7 nitrogen and oxygen atoms in total. The summed E-state index contributed by atoms with van der Waals surface area (Å²) < 4.78 is 10.3. The van der Waals surface area contributed by atoms with Crippen LogP contribution in [0.5, 0.6) is 11.8 Å². The van der Waals surface area contributed by atoms with Gasteiger partial charge in [-0.1, -0.05) is 0 Å². The SMILES string of the molecule is COc1ccc(C(=O)N2CC(CO)C3(CCNCC3)C2)c(OC)n1. The average Bonchev–Trinajstić information content (AvgIpc) is 2.98. The number of piperidine rings is 1. The number of carbonyl (C=O) groups is 1. The van der Waals surface area contributed by atoms with Gasteiger partial charge in [-0.2, -0.15) is 4.98 Å². The largest absolute Gasteiger partial charge is 0.481 e. The molecule has 0 aliphatic carbocycles. The molecule has 1 amide bonds. The van der Waals surface area contributed by atoms with Crippen LogP contribution in [-0.2, 0) is 0 Å². The van der Waals surface area contributed by atoms with Gasteiger partial charge in [0.1, 0.15) is 5.56 Å². The lowest BCUT2D eigenvalue weighted by molar-refractivity contribution is 0.0751. The number of ether oxygens (including phenoxy) is 2. The van der Waals surface area contributed by atoms with Crippen LogP contribution in [0.4, 0.5) is 0 Å². The number of aliphatic hydroxyl groups excluding tert-OH is 1. The van der Waals surface area contributed by atoms with Gasteiger partial charge in [0.15, 0.2) is 0 Å². The van der Waals surface area contributed by atoms with E-state index in [0.717, 1.165) is 25.9 Å². The highest BCUT2D eigenvalue weighted by molar-refractivity contribution is 5.96. The van der Waals surface area contributed by atoms with Crippen molar-refractivity contribution in [3.05, 3.63) is 17.7 Å². The highest BCUT2D eigenvalue weighted by Crippen LogP contribution is 2.43. The average molecular weight is 335 g/mol. The predicted octanol–water partition coefficient (Wildman–Crippen LogP) is 0.533. The summed E-state index contributed by atoms with van der Waals surface area (Å²) in [5, 5.41) is 13.2. The van der Waals surface area contributed by atoms with Crippen molar-refractivity contribution in [2.75, 3.05) is 47.0 Å². The fourth-order valence-corrected chi connectivity index (χ4v) is 3.96. The van der Waals surface area contributed by atoms with E-state index in [4.69, 9.17) is 9.47 Å². The van der Waals surface area contributed by atoms with E-state index < -0.39 is 0 Å². The van der Waals surface area contributed by atoms with Crippen molar-refractivity contribution in [2.45, 2.75) is 12.8 Å². The van der Waals surface area contributed by atoms with Gasteiger partial charge in [-0.3, -0.25) is 4.79 Å². The van der Waals surface area contributed by atoms with Gasteiger partial charge in [-0.05, 0) is 37.4 Å². The molecule has 1 atom stereocenters. The van der Waals surface area contributed by atoms with E-state index in [0.29, 0.717) is 24.5 Å². The van der Waals surface area contributed by atoms with Crippen LogP contribution in [0.2, 0.25) is 0 Å². The lowest BCUT2D eigenvalue weighted by atomic mass is 9.71. The van der Waals surface area contributed by atoms with Crippen LogP contribution < -0.4 is 14.8 Å². The number of nitrogens with zero attached hydrogens (tertiary/aromatic N) is 2. The standard InChI is InChI=1S/C17H25N3O4/c1-23-14-4-3-13(15(19-14)24-2)16(22)20-9-12(10-21)17(11-20)5-7-18-8-6-17/h3-4,12,18,21H,5-11H2,1-2H3. The van der Waals surface area contributed by atoms with Gasteiger partial charge in [-0.15, -0.1) is 0 Å². The Labute approximate surface area is 142 Å². The van der Waals surface area contributed by atoms with E-state index in [1.54, 1.807) is 12.1 Å². The first kappa shape index (κ1) is 17.0. The van der Waals surface area contributed by atoms with Crippen LogP contribution in [-0.4, -0.2) is 67.9 Å². The van der Waals surface area contributed by atoms with Crippen molar-refractivity contribution >= 4 is 5.91 Å². The molecular weight excluding hydrogens is 310 g/mol. The number of aliphatic hydroxyl groups is 1. The van der Waals surface area contributed by atoms with Crippen molar-refractivity contribution in [2.24, 2.45) is 11.3 Å². The molecule has 3 rings (SSSR count). The van der Waals surface area contributed by atoms with Crippen molar-refractivity contribution in [1.82, 2.24) is 15.2 Å². The second-order valence-electron chi connectivity index (χ2n) is 6.59. The van der Waals surface area contributed by atoms with Crippen molar-refractivity contribution < 1.29 is 19.4 Å². The van der Waals surface area contributed by atoms with Crippen LogP contribution >= 0.6 is 0 Å². The Balaban J connectivity index is 1.83. The van der Waals surface area contributed by atoms with E-state index >= 15 is 0 Å². The van der Waals surface area contributed by atoms with Crippen LogP contribution in [0.25, 0.3) is 0 Å². The first-order chi connectivity index (χ1) is 11.6. The third-order valence-electron chi connectivity index (χ3n) is 5.39. The maximum atomic E-state index is 13.0. The topological polar surface area (TPSA) is 83.9 Å². The van der Waals surface area contributed by atoms with E-state index in [-0.39, 0.29) is 29.7 Å². The Hall–Kier alpha value is -1.86. The van der Waals surface area contributed by atoms with Crippen molar-refractivity contribution in [3.63, 3.8) is 0 Å². The van der Waals surface area contributed by atoms with E-state index in [9.17, 15) is 9.90 Å². The number of hydrogen-bond donors (Lipinski definition) is 2. The molecule has 0 radical (unpaired) electrons. The number of hydrogen-bond acceptors (Lipinski definition) is 6. The molecule has 0 saturated carbocycles. The predicted molar refractivity (Wildman–Crippen MR) is 88.4 cm³/mol. The highest BCUT2D eigenvalue weighted by atomic mass is 16.5. The Morgan fingerprint density at radius 3 is 2.75 bits per heavy atom. The highest BCUT2D eigenvalue weighted by Gasteiger charge is 2.48. The van der Waals surface area contributed by atoms with E-state index in [1.165, 1.54) is 14.2 Å². The number of nitrogens with one attached hydrogen (secondary N) is 1. The minimum absolute atomic E-state index is 0.0167. The molecular formula is C17H25N3O4. The molecule has 7 heteroatoms. The zero-order valence-corrected chi connectivity index (χ0v) is 14.2. The molecule has 132 valence electrons. The van der Waals surface area contributed by atoms with Gasteiger partial charge >= 0.3 is 0 Å². The molecule has 3 heterocycles. The smallest absolute Gasteiger partial charge is 0.259 e. The van der Waals surface area contributed by atoms with Crippen molar-refractivity contribution in [1.29, 1.82) is 0 Å². The number of amides is 1. The fourth-order valence-electron chi connectivity index (χ4n) is 3.96. The number of methoxy groups -OCH3 is 2. The molecule has 1 spiro atoms. The van der Waals surface area contributed by atoms with Gasteiger partial charge < -0.3 is 24.8 Å². The molecule has 1 aromatic heterocycles. The summed E-state index contributed by atoms with van der Waals surface area (Å²) in [6.07, 6.45) is 1.97. The summed E-state index contributed by atoms with van der Waals surface area (Å²) in [5.74, 6) is 0.704. The van der Waals surface area contributed by atoms with E-state index in [2.05, 4.69) is 10.3 Å². The third kappa shape index (κ3) is 2.93. The zero-order chi connectivity index (χ0) is 17.2. The second kappa shape index (κ2) is 6.94. The number of carbonyl (C=O) groups excluding carboxylic acids is 1. The Bertz CT molecular complexity index is 601. The lowest BCUT2D eigenvalue weighted by Crippen LogP contribution is -2.43. The normalized spacial score (nSPS) is 22.6. The molecule has 2 aliphatic heterocycles. The quantitative estimate of drug-likeness (QED) is 0.835. The molecule has 1 aromatic rings. The van der Waals surface area contributed by atoms with Crippen LogP contribution in [0.1, 0.15) is 23.2 Å². The summed E-state index contributed by atoms with van der Waals surface area (Å²) in [4.78, 5) is 19.0. The van der Waals surface area contributed by atoms with Gasteiger partial charge in [0, 0.05) is 31.7 Å². The number of aromatic nitrogens is 1. The molecule has 0 aromatic carbocycles. The van der Waals surface area contributed by atoms with Gasteiger partial charge in [0.2, 0.25) is 11.8 Å². The summed E-state index contributed by atoms with van der Waals surface area (Å²) in [6.45, 7) is 3.23. The molecule has 0 bridgehead atoms. The molecule has 2 aliphatic rings. The molecule has 2 fully saturated rings. The number of rotatable bonds is 4. The van der Waals surface area contributed by atoms with Crippen LogP contribution in [0.3, 0.4) is 0 Å². The summed E-state index contributed by atoms with van der Waals surface area (Å²) in [6, 6.07) is 3.35. The Morgan fingerprint density at radius 1 is 1.38 bits per heavy atom. The maximum Gasteiger partial charge on any atom is 0.259 e. The van der Waals surface area contributed by atoms with Crippen LogP contribution in [0.15, 0.2) is 12.1 Å². The molecule has 1 unspecified atom stereocenters. The summed E-state index contributed by atoms with van der Waals surface area (Å²) in [7, 11) is 3.02. The van der Waals surface area contributed by atoms with Gasteiger partial charge in [0.05, 0.1) is 14.2 Å². The third-order valence-corrected chi connectivity index (χ3v) is 5.39. The minimum atomic E-state index is -0.101. The second-order valence-corrected chi connectivity index (χ2v) is 6.59. The lowest BCUT2D eigenvalue weighted by Gasteiger charge is -2.37. The molecule has 24 heavy (non-hydrogen) atoms. The Kier molecular flexibility index (Phi) is 4.91. The van der Waals surface area contributed by atoms with Gasteiger partial charge in [-0.25, -0.2) is 0 Å². The van der Waals surface area contributed by atoms with Crippen LogP contribution in [0, 0.1) is 11.3 Å². The Morgan fingerprint density at radius 2 is 2.12 bits per heavy atom. The fraction of sp³-hybridized carbons (Fsp3) is 0.647. The number of likely N-dealkylation sites (tertiary alicyclic amines) is 1. The number of pyridine rings is 1. The molecule has 2 N–H and O–H groups in total. The zero-order valence-electron chi connectivity index (χ0n) is 14.2. The first-order valence-electron chi connectivity index (χ1n) is 8.33. The minimum Gasteiger partial charge on any atom is -0.481 e. The molecule has 2 saturated heterocycles. The van der Waals surface area contributed by atoms with Gasteiger partial charge in [0.25, 0.3) is 5.91 Å².